The van der Waals surface area contributed by atoms with Crippen LogP contribution in [-0.4, -0.2) is 23.5 Å². The van der Waals surface area contributed by atoms with E-state index in [2.05, 4.69) is 5.32 Å². The molecule has 1 aliphatic rings. The summed E-state index contributed by atoms with van der Waals surface area (Å²) in [4.78, 5) is 12.2. The van der Waals surface area contributed by atoms with Crippen LogP contribution in [0.15, 0.2) is 18.2 Å². The van der Waals surface area contributed by atoms with E-state index in [1.807, 2.05) is 25.1 Å². The molecule has 1 N–H and O–H groups in total. The van der Waals surface area contributed by atoms with Crippen molar-refractivity contribution in [1.29, 1.82) is 0 Å². The molecule has 1 unspecified atom stereocenters. The zero-order valence-corrected chi connectivity index (χ0v) is 13.2. The SMILES string of the molecule is CCOc1ccc(NC(=O)C2CCCCS2)cc1CCl. The highest BCUT2D eigenvalue weighted by molar-refractivity contribution is 8.00. The van der Waals surface area contributed by atoms with Crippen LogP contribution in [0.4, 0.5) is 5.69 Å². The van der Waals surface area contributed by atoms with Gasteiger partial charge in [-0.25, -0.2) is 0 Å². The number of halogens is 1. The van der Waals surface area contributed by atoms with Gasteiger partial charge in [-0.3, -0.25) is 4.79 Å². The standard InChI is InChI=1S/C15H20ClNO2S/c1-2-19-13-7-6-12(9-11(13)10-16)17-15(18)14-5-3-4-8-20-14/h6-7,9,14H,2-5,8,10H2,1H3,(H,17,18). The summed E-state index contributed by atoms with van der Waals surface area (Å²) in [6.45, 7) is 2.54. The fourth-order valence-electron chi connectivity index (χ4n) is 2.23. The van der Waals surface area contributed by atoms with Crippen LogP contribution in [0.25, 0.3) is 0 Å². The first-order valence-electron chi connectivity index (χ1n) is 6.98. The Morgan fingerprint density at radius 2 is 2.35 bits per heavy atom. The maximum Gasteiger partial charge on any atom is 0.237 e. The van der Waals surface area contributed by atoms with Gasteiger partial charge in [0.1, 0.15) is 5.75 Å². The fraction of sp³-hybridized carbons (Fsp3) is 0.533. The molecular weight excluding hydrogens is 294 g/mol. The Labute approximate surface area is 129 Å². The number of carbonyl (C=O) groups is 1. The summed E-state index contributed by atoms with van der Waals surface area (Å²) >= 11 is 7.68. The number of benzene rings is 1. The lowest BCUT2D eigenvalue weighted by Crippen LogP contribution is -2.27. The zero-order chi connectivity index (χ0) is 14.4. The van der Waals surface area contributed by atoms with Gasteiger partial charge in [0, 0.05) is 11.3 Å². The number of rotatable bonds is 5. The van der Waals surface area contributed by atoms with E-state index in [0.29, 0.717) is 12.5 Å². The van der Waals surface area contributed by atoms with Gasteiger partial charge in [0.15, 0.2) is 0 Å². The maximum atomic E-state index is 12.2. The summed E-state index contributed by atoms with van der Waals surface area (Å²) in [6, 6.07) is 5.63. The molecule has 1 aromatic carbocycles. The van der Waals surface area contributed by atoms with Gasteiger partial charge in [0.25, 0.3) is 0 Å². The van der Waals surface area contributed by atoms with Crippen LogP contribution < -0.4 is 10.1 Å². The number of alkyl halides is 1. The van der Waals surface area contributed by atoms with Crippen LogP contribution >= 0.6 is 23.4 Å². The van der Waals surface area contributed by atoms with E-state index in [4.69, 9.17) is 16.3 Å². The van der Waals surface area contributed by atoms with E-state index < -0.39 is 0 Å². The van der Waals surface area contributed by atoms with Crippen molar-refractivity contribution >= 4 is 35.0 Å². The molecule has 2 rings (SSSR count). The number of carbonyl (C=O) groups excluding carboxylic acids is 1. The Balaban J connectivity index is 2.03. The topological polar surface area (TPSA) is 38.3 Å². The van der Waals surface area contributed by atoms with E-state index in [9.17, 15) is 4.79 Å². The highest BCUT2D eigenvalue weighted by Gasteiger charge is 2.21. The average molecular weight is 314 g/mol. The summed E-state index contributed by atoms with van der Waals surface area (Å²) in [5, 5.41) is 3.06. The first-order chi connectivity index (χ1) is 9.74. The fourth-order valence-corrected chi connectivity index (χ4v) is 3.64. The highest BCUT2D eigenvalue weighted by Crippen LogP contribution is 2.28. The minimum absolute atomic E-state index is 0.0785. The van der Waals surface area contributed by atoms with Gasteiger partial charge in [0.05, 0.1) is 17.7 Å². The molecule has 3 nitrogen and oxygen atoms in total. The van der Waals surface area contributed by atoms with Crippen LogP contribution in [-0.2, 0) is 10.7 Å². The van der Waals surface area contributed by atoms with Crippen LogP contribution in [0, 0.1) is 0 Å². The monoisotopic (exact) mass is 313 g/mol. The van der Waals surface area contributed by atoms with Crippen LogP contribution in [0.1, 0.15) is 31.7 Å². The second-order valence-electron chi connectivity index (χ2n) is 4.73. The third kappa shape index (κ3) is 4.06. The molecule has 110 valence electrons. The number of nitrogens with one attached hydrogen (secondary N) is 1. The lowest BCUT2D eigenvalue weighted by Gasteiger charge is -2.20. The summed E-state index contributed by atoms with van der Waals surface area (Å²) in [5.74, 6) is 2.33. The third-order valence-electron chi connectivity index (χ3n) is 3.24. The zero-order valence-electron chi connectivity index (χ0n) is 11.7. The van der Waals surface area contributed by atoms with Crippen molar-refractivity contribution in [2.45, 2.75) is 37.3 Å². The van der Waals surface area contributed by atoms with Crippen molar-refractivity contribution in [3.05, 3.63) is 23.8 Å². The minimum Gasteiger partial charge on any atom is -0.494 e. The van der Waals surface area contributed by atoms with E-state index in [-0.39, 0.29) is 11.2 Å². The molecule has 1 aliphatic heterocycles. The molecule has 1 aromatic rings. The summed E-state index contributed by atoms with van der Waals surface area (Å²) in [6.07, 6.45) is 3.32. The van der Waals surface area contributed by atoms with Crippen molar-refractivity contribution in [3.63, 3.8) is 0 Å². The average Bonchev–Trinajstić information content (AvgIpc) is 2.50. The number of amides is 1. The first-order valence-corrected chi connectivity index (χ1v) is 8.57. The largest absolute Gasteiger partial charge is 0.494 e. The molecule has 1 heterocycles. The normalized spacial score (nSPS) is 18.6. The number of hydrogen-bond acceptors (Lipinski definition) is 3. The molecule has 1 fully saturated rings. The maximum absolute atomic E-state index is 12.2. The van der Waals surface area contributed by atoms with E-state index in [0.717, 1.165) is 35.6 Å². The smallest absolute Gasteiger partial charge is 0.237 e. The van der Waals surface area contributed by atoms with Crippen molar-refractivity contribution in [2.75, 3.05) is 17.7 Å². The van der Waals surface area contributed by atoms with Gasteiger partial charge in [-0.1, -0.05) is 6.42 Å². The quantitative estimate of drug-likeness (QED) is 0.833. The lowest BCUT2D eigenvalue weighted by atomic mass is 10.1. The van der Waals surface area contributed by atoms with Crippen molar-refractivity contribution < 1.29 is 9.53 Å². The Hall–Kier alpha value is -0.870. The Morgan fingerprint density at radius 1 is 1.50 bits per heavy atom. The van der Waals surface area contributed by atoms with Gasteiger partial charge in [-0.15, -0.1) is 23.4 Å². The number of hydrogen-bond donors (Lipinski definition) is 1. The molecule has 5 heteroatoms. The molecule has 0 aliphatic carbocycles. The van der Waals surface area contributed by atoms with Crippen LogP contribution in [0.3, 0.4) is 0 Å². The molecular formula is C15H20ClNO2S. The number of anilines is 1. The first kappa shape index (κ1) is 15.5. The molecule has 0 saturated carbocycles. The van der Waals surface area contributed by atoms with E-state index in [1.165, 1.54) is 6.42 Å². The number of thioether (sulfide) groups is 1. The van der Waals surface area contributed by atoms with Crippen molar-refractivity contribution in [2.24, 2.45) is 0 Å². The molecule has 0 aromatic heterocycles. The molecule has 20 heavy (non-hydrogen) atoms. The Kier molecular flexibility index (Phi) is 6.05. The van der Waals surface area contributed by atoms with Crippen LogP contribution in [0.2, 0.25) is 0 Å². The van der Waals surface area contributed by atoms with Gasteiger partial charge in [0.2, 0.25) is 5.91 Å². The van der Waals surface area contributed by atoms with E-state index >= 15 is 0 Å². The van der Waals surface area contributed by atoms with Crippen molar-refractivity contribution in [3.8, 4) is 5.75 Å². The third-order valence-corrected chi connectivity index (χ3v) is 4.91. The highest BCUT2D eigenvalue weighted by atomic mass is 35.5. The predicted molar refractivity (Wildman–Crippen MR) is 85.9 cm³/mol. The Morgan fingerprint density at radius 3 is 3.00 bits per heavy atom. The molecule has 1 atom stereocenters. The van der Waals surface area contributed by atoms with Crippen LogP contribution in [0.5, 0.6) is 5.75 Å². The predicted octanol–water partition coefficient (Wildman–Crippen LogP) is 4.05. The molecule has 1 amide bonds. The second-order valence-corrected chi connectivity index (χ2v) is 6.31. The van der Waals surface area contributed by atoms with E-state index in [1.54, 1.807) is 11.8 Å². The number of ether oxygens (including phenoxy) is 1. The molecule has 0 radical (unpaired) electrons. The van der Waals surface area contributed by atoms with Crippen molar-refractivity contribution in [1.82, 2.24) is 0 Å². The van der Waals surface area contributed by atoms with Gasteiger partial charge in [-0.05, 0) is 43.7 Å². The lowest BCUT2D eigenvalue weighted by molar-refractivity contribution is -0.115. The summed E-state index contributed by atoms with van der Waals surface area (Å²) in [5.41, 5.74) is 1.70. The molecule has 0 bridgehead atoms. The minimum atomic E-state index is 0.0785. The summed E-state index contributed by atoms with van der Waals surface area (Å²) < 4.78 is 5.50. The Bertz CT molecular complexity index is 461. The second kappa shape index (κ2) is 7.79. The van der Waals surface area contributed by atoms with Gasteiger partial charge >= 0.3 is 0 Å². The molecule has 1 saturated heterocycles. The summed E-state index contributed by atoms with van der Waals surface area (Å²) in [7, 11) is 0. The van der Waals surface area contributed by atoms with Gasteiger partial charge < -0.3 is 10.1 Å². The molecule has 0 spiro atoms. The van der Waals surface area contributed by atoms with Gasteiger partial charge in [-0.2, -0.15) is 0 Å².